The lowest BCUT2D eigenvalue weighted by molar-refractivity contribution is -0.135. The number of carbonyl (C=O) groups is 1. The Balaban J connectivity index is 1.38. The van der Waals surface area contributed by atoms with Gasteiger partial charge in [0.1, 0.15) is 0 Å². The lowest BCUT2D eigenvalue weighted by atomic mass is 9.86. The number of β-amino-alcohol motifs (C(OH)–C–C–N with tert-alkyl or cyclic N) is 1. The van der Waals surface area contributed by atoms with Gasteiger partial charge in [-0.1, -0.05) is 0 Å². The molecule has 0 saturated carbocycles. The molecule has 0 bridgehead atoms. The average Bonchev–Trinajstić information content (AvgIpc) is 3.18. The number of aliphatic hydroxyl groups is 1. The van der Waals surface area contributed by atoms with E-state index in [0.717, 1.165) is 25.8 Å². The highest BCUT2D eigenvalue weighted by Gasteiger charge is 2.45. The molecule has 2 aliphatic heterocycles. The second-order valence-corrected chi connectivity index (χ2v) is 7.18. The molecule has 0 unspecified atom stereocenters. The fourth-order valence-corrected chi connectivity index (χ4v) is 3.95. The molecule has 2 fully saturated rings. The third-order valence-corrected chi connectivity index (χ3v) is 5.47. The van der Waals surface area contributed by atoms with Crippen molar-refractivity contribution in [1.29, 1.82) is 0 Å². The normalized spacial score (nSPS) is 26.6. The van der Waals surface area contributed by atoms with E-state index in [9.17, 15) is 14.7 Å². The predicted octanol–water partition coefficient (Wildman–Crippen LogP) is 0.686. The largest absolute Gasteiger partial charge is 0.419 e. The van der Waals surface area contributed by atoms with Crippen molar-refractivity contribution in [1.82, 2.24) is 9.47 Å². The zero-order chi connectivity index (χ0) is 18.3. The fraction of sp³-hybridized carbons (Fsp3) is 0.556. The molecule has 1 aromatic heterocycles. The Bertz CT molecular complexity index is 881. The Labute approximate surface area is 150 Å². The number of likely N-dealkylation sites (tertiary alicyclic amines) is 1. The van der Waals surface area contributed by atoms with E-state index in [4.69, 9.17) is 9.15 Å². The molecule has 2 N–H and O–H groups in total. The molecule has 1 aromatic carbocycles. The minimum absolute atomic E-state index is 0.168. The highest BCUT2D eigenvalue weighted by molar-refractivity contribution is 5.94. The Kier molecular flexibility index (Phi) is 4.34. The third-order valence-electron chi connectivity index (χ3n) is 5.47. The molecule has 140 valence electrons. The van der Waals surface area contributed by atoms with Gasteiger partial charge in [0.2, 0.25) is 5.91 Å². The summed E-state index contributed by atoms with van der Waals surface area (Å²) in [6.45, 7) is 2.05. The van der Waals surface area contributed by atoms with E-state index >= 15 is 0 Å². The minimum Gasteiger partial charge on any atom is -0.408 e. The zero-order valence-corrected chi connectivity index (χ0v) is 14.7. The first-order chi connectivity index (χ1) is 12.5. The fourth-order valence-electron chi connectivity index (χ4n) is 3.95. The van der Waals surface area contributed by atoms with Crippen LogP contribution in [0, 0.1) is 0 Å². The van der Waals surface area contributed by atoms with Crippen molar-refractivity contribution < 1.29 is 19.1 Å². The average molecular weight is 361 g/mol. The predicted molar refractivity (Wildman–Crippen MR) is 95.1 cm³/mol. The topological polar surface area (TPSA) is 96.9 Å². The van der Waals surface area contributed by atoms with Crippen LogP contribution in [-0.2, 0) is 16.6 Å². The molecule has 8 nitrogen and oxygen atoms in total. The van der Waals surface area contributed by atoms with E-state index < -0.39 is 17.5 Å². The van der Waals surface area contributed by atoms with E-state index in [1.54, 1.807) is 25.2 Å². The smallest absolute Gasteiger partial charge is 0.408 e. The monoisotopic (exact) mass is 361 g/mol. The van der Waals surface area contributed by atoms with Crippen LogP contribution in [0.4, 0.5) is 5.69 Å². The molecule has 2 aromatic rings. The van der Waals surface area contributed by atoms with Crippen LogP contribution in [0.15, 0.2) is 27.4 Å². The lowest BCUT2D eigenvalue weighted by Gasteiger charge is -2.42. The molecular formula is C18H23N3O5. The van der Waals surface area contributed by atoms with Crippen LogP contribution >= 0.6 is 0 Å². The molecule has 4 rings (SSSR count). The van der Waals surface area contributed by atoms with Crippen LogP contribution in [0.2, 0.25) is 0 Å². The summed E-state index contributed by atoms with van der Waals surface area (Å²) < 4.78 is 12.3. The van der Waals surface area contributed by atoms with Crippen molar-refractivity contribution in [3.63, 3.8) is 0 Å². The molecule has 1 amide bonds. The molecule has 2 aliphatic rings. The number of nitrogens with zero attached hydrogens (tertiary/aromatic N) is 2. The number of rotatable bonds is 3. The van der Waals surface area contributed by atoms with Gasteiger partial charge in [0, 0.05) is 38.5 Å². The van der Waals surface area contributed by atoms with Crippen LogP contribution in [0.5, 0.6) is 0 Å². The number of aromatic nitrogens is 1. The van der Waals surface area contributed by atoms with Crippen molar-refractivity contribution in [3.05, 3.63) is 28.7 Å². The Morgan fingerprint density at radius 2 is 2.27 bits per heavy atom. The second-order valence-electron chi connectivity index (χ2n) is 7.18. The van der Waals surface area contributed by atoms with Gasteiger partial charge >= 0.3 is 5.76 Å². The number of benzene rings is 1. The molecule has 26 heavy (non-hydrogen) atoms. The van der Waals surface area contributed by atoms with Gasteiger partial charge in [0.15, 0.2) is 5.58 Å². The van der Waals surface area contributed by atoms with Gasteiger partial charge in [-0.25, -0.2) is 4.79 Å². The van der Waals surface area contributed by atoms with Crippen molar-refractivity contribution in [2.24, 2.45) is 7.05 Å². The van der Waals surface area contributed by atoms with E-state index in [0.29, 0.717) is 29.9 Å². The summed E-state index contributed by atoms with van der Waals surface area (Å²) in [5, 5.41) is 13.3. The number of carbonyl (C=O) groups excluding carboxylic acids is 1. The first kappa shape index (κ1) is 17.3. The van der Waals surface area contributed by atoms with Gasteiger partial charge in [-0.15, -0.1) is 0 Å². The van der Waals surface area contributed by atoms with E-state index in [1.807, 2.05) is 4.90 Å². The Morgan fingerprint density at radius 1 is 1.42 bits per heavy atom. The van der Waals surface area contributed by atoms with Crippen molar-refractivity contribution in [2.45, 2.75) is 31.0 Å². The third kappa shape index (κ3) is 3.04. The maximum absolute atomic E-state index is 12.3. The first-order valence-corrected chi connectivity index (χ1v) is 8.91. The van der Waals surface area contributed by atoms with Crippen molar-refractivity contribution in [2.75, 3.05) is 31.6 Å². The van der Waals surface area contributed by atoms with Crippen LogP contribution in [-0.4, -0.2) is 58.4 Å². The SMILES string of the molecule is Cn1c(=O)oc2cc(NC(=O)CN3CC[C@@]4(CCCO4)[C@@H](O)C3)ccc21. The van der Waals surface area contributed by atoms with E-state index in [1.165, 1.54) is 4.57 Å². The molecule has 2 saturated heterocycles. The van der Waals surface area contributed by atoms with Crippen molar-refractivity contribution >= 4 is 22.7 Å². The van der Waals surface area contributed by atoms with Gasteiger partial charge in [-0.3, -0.25) is 14.3 Å². The molecule has 0 aliphatic carbocycles. The first-order valence-electron chi connectivity index (χ1n) is 8.91. The number of fused-ring (bicyclic) bond motifs is 1. The second kappa shape index (κ2) is 6.53. The maximum atomic E-state index is 12.3. The van der Waals surface area contributed by atoms with Gasteiger partial charge in [-0.05, 0) is 31.4 Å². The molecular weight excluding hydrogens is 338 g/mol. The highest BCUT2D eigenvalue weighted by Crippen LogP contribution is 2.35. The molecule has 0 radical (unpaired) electrons. The molecule has 3 heterocycles. The summed E-state index contributed by atoms with van der Waals surface area (Å²) in [6, 6.07) is 5.12. The molecule has 2 atom stereocenters. The standard InChI is InChI=1S/C18H23N3O5/c1-20-13-4-3-12(9-14(13)26-17(20)24)19-16(23)11-21-7-6-18(15(22)10-21)5-2-8-25-18/h3-4,9,15,22H,2,5-8,10-11H2,1H3,(H,19,23)/t15-,18-/m0/s1. The zero-order valence-electron chi connectivity index (χ0n) is 14.7. The van der Waals surface area contributed by atoms with Gasteiger partial charge in [0.25, 0.3) is 0 Å². The van der Waals surface area contributed by atoms with Crippen LogP contribution in [0.3, 0.4) is 0 Å². The number of hydrogen-bond acceptors (Lipinski definition) is 6. The number of nitrogens with one attached hydrogen (secondary N) is 1. The quantitative estimate of drug-likeness (QED) is 0.835. The van der Waals surface area contributed by atoms with Gasteiger partial charge in [0.05, 0.1) is 23.8 Å². The highest BCUT2D eigenvalue weighted by atomic mass is 16.5. The number of aryl methyl sites for hydroxylation is 1. The van der Waals surface area contributed by atoms with Crippen molar-refractivity contribution in [3.8, 4) is 0 Å². The number of anilines is 1. The Hall–Kier alpha value is -2.16. The molecule has 8 heteroatoms. The summed E-state index contributed by atoms with van der Waals surface area (Å²) in [4.78, 5) is 25.8. The van der Waals surface area contributed by atoms with Gasteiger partial charge in [-0.2, -0.15) is 0 Å². The number of oxazole rings is 1. The van der Waals surface area contributed by atoms with Crippen LogP contribution < -0.4 is 11.1 Å². The Morgan fingerprint density at radius 3 is 3.00 bits per heavy atom. The summed E-state index contributed by atoms with van der Waals surface area (Å²) >= 11 is 0. The number of ether oxygens (including phenoxy) is 1. The summed E-state index contributed by atoms with van der Waals surface area (Å²) in [5.74, 6) is -0.605. The van der Waals surface area contributed by atoms with Crippen LogP contribution in [0.25, 0.3) is 11.1 Å². The number of hydrogen-bond donors (Lipinski definition) is 2. The number of piperidine rings is 1. The van der Waals surface area contributed by atoms with E-state index in [2.05, 4.69) is 5.32 Å². The van der Waals surface area contributed by atoms with Crippen LogP contribution in [0.1, 0.15) is 19.3 Å². The van der Waals surface area contributed by atoms with Gasteiger partial charge < -0.3 is 19.6 Å². The summed E-state index contributed by atoms with van der Waals surface area (Å²) in [5.41, 5.74) is 1.27. The summed E-state index contributed by atoms with van der Waals surface area (Å²) in [6.07, 6.45) is 2.04. The molecule has 1 spiro atoms. The maximum Gasteiger partial charge on any atom is 0.419 e. The minimum atomic E-state index is -0.568. The summed E-state index contributed by atoms with van der Waals surface area (Å²) in [7, 11) is 1.63. The number of amides is 1. The lowest BCUT2D eigenvalue weighted by Crippen LogP contribution is -2.56. The number of aliphatic hydroxyl groups excluding tert-OH is 1. The van der Waals surface area contributed by atoms with E-state index in [-0.39, 0.29) is 12.5 Å².